The van der Waals surface area contributed by atoms with Crippen LogP contribution >= 0.6 is 11.8 Å². The largest absolute Gasteiger partial charge is 0.314 e. The summed E-state index contributed by atoms with van der Waals surface area (Å²) in [5.74, 6) is 0.257. The van der Waals surface area contributed by atoms with Crippen molar-refractivity contribution in [2.45, 2.75) is 55.9 Å². The summed E-state index contributed by atoms with van der Waals surface area (Å²) in [5.41, 5.74) is 0. The van der Waals surface area contributed by atoms with Gasteiger partial charge >= 0.3 is 0 Å². The highest BCUT2D eigenvalue weighted by Gasteiger charge is 2.27. The first-order chi connectivity index (χ1) is 8.59. The summed E-state index contributed by atoms with van der Waals surface area (Å²) in [5, 5.41) is 3.98. The van der Waals surface area contributed by atoms with Gasteiger partial charge in [0.1, 0.15) is 0 Å². The maximum atomic E-state index is 11.9. The third-order valence-electron chi connectivity index (χ3n) is 3.66. The van der Waals surface area contributed by atoms with Crippen molar-refractivity contribution in [3.63, 3.8) is 0 Å². The monoisotopic (exact) mass is 292 g/mol. The molecule has 0 saturated heterocycles. The number of rotatable bonds is 8. The van der Waals surface area contributed by atoms with Gasteiger partial charge < -0.3 is 5.32 Å². The van der Waals surface area contributed by atoms with E-state index in [0.29, 0.717) is 17.7 Å². The maximum absolute atomic E-state index is 11.9. The molecule has 0 aromatic rings. The van der Waals surface area contributed by atoms with Crippen molar-refractivity contribution < 1.29 is 8.42 Å². The Hall–Kier alpha value is 0.220. The van der Waals surface area contributed by atoms with E-state index < -0.39 is 10.0 Å². The zero-order chi connectivity index (χ0) is 13.0. The zero-order valence-electron chi connectivity index (χ0n) is 11.0. The van der Waals surface area contributed by atoms with E-state index in [0.717, 1.165) is 25.8 Å². The van der Waals surface area contributed by atoms with Crippen molar-refractivity contribution in [1.29, 1.82) is 0 Å². The SMILES string of the molecule is CSC1CCC(NS(=O)(=O)CCCNC2CC2)C1. The van der Waals surface area contributed by atoms with E-state index in [9.17, 15) is 8.42 Å². The summed E-state index contributed by atoms with van der Waals surface area (Å²) in [6.07, 6.45) is 8.44. The van der Waals surface area contributed by atoms with E-state index in [4.69, 9.17) is 0 Å². The molecule has 2 N–H and O–H groups in total. The van der Waals surface area contributed by atoms with E-state index in [-0.39, 0.29) is 11.8 Å². The number of nitrogens with one attached hydrogen (secondary N) is 2. The lowest BCUT2D eigenvalue weighted by molar-refractivity contribution is 0.548. The molecule has 0 aromatic heterocycles. The lowest BCUT2D eigenvalue weighted by Gasteiger charge is -2.13. The second-order valence-corrected chi connectivity index (χ2v) is 8.40. The predicted molar refractivity (Wildman–Crippen MR) is 77.5 cm³/mol. The molecule has 0 radical (unpaired) electrons. The summed E-state index contributed by atoms with van der Waals surface area (Å²) < 4.78 is 26.6. The minimum atomic E-state index is -3.07. The van der Waals surface area contributed by atoms with Crippen LogP contribution in [0.25, 0.3) is 0 Å². The summed E-state index contributed by atoms with van der Waals surface area (Å²) in [7, 11) is -3.07. The summed E-state index contributed by atoms with van der Waals surface area (Å²) >= 11 is 1.85. The van der Waals surface area contributed by atoms with Gasteiger partial charge in [0.25, 0.3) is 0 Å². The Morgan fingerprint density at radius 3 is 2.50 bits per heavy atom. The zero-order valence-corrected chi connectivity index (χ0v) is 12.7. The Morgan fingerprint density at radius 1 is 1.17 bits per heavy atom. The highest BCUT2D eigenvalue weighted by atomic mass is 32.2. The fraction of sp³-hybridized carbons (Fsp3) is 1.00. The van der Waals surface area contributed by atoms with Crippen LogP contribution in [-0.4, -0.2) is 44.3 Å². The van der Waals surface area contributed by atoms with Crippen LogP contribution in [0.1, 0.15) is 38.5 Å². The molecular formula is C12H24N2O2S2. The lowest BCUT2D eigenvalue weighted by Crippen LogP contribution is -2.35. The van der Waals surface area contributed by atoms with Crippen molar-refractivity contribution in [3.05, 3.63) is 0 Å². The topological polar surface area (TPSA) is 58.2 Å². The van der Waals surface area contributed by atoms with Gasteiger partial charge in [0.2, 0.25) is 10.0 Å². The standard InChI is InChI=1S/C12H24N2O2S2/c1-17-12-6-5-11(9-12)14-18(15,16)8-2-7-13-10-3-4-10/h10-14H,2-9H2,1H3. The third-order valence-corrected chi connectivity index (χ3v) is 6.28. The maximum Gasteiger partial charge on any atom is 0.211 e. The van der Waals surface area contributed by atoms with Gasteiger partial charge in [-0.25, -0.2) is 13.1 Å². The van der Waals surface area contributed by atoms with Crippen LogP contribution in [-0.2, 0) is 10.0 Å². The van der Waals surface area contributed by atoms with E-state index >= 15 is 0 Å². The molecule has 2 aliphatic rings. The van der Waals surface area contributed by atoms with Crippen molar-refractivity contribution >= 4 is 21.8 Å². The van der Waals surface area contributed by atoms with Gasteiger partial charge in [-0.2, -0.15) is 11.8 Å². The molecule has 0 aliphatic heterocycles. The van der Waals surface area contributed by atoms with Crippen molar-refractivity contribution in [2.24, 2.45) is 0 Å². The average Bonchev–Trinajstić information content (AvgIpc) is 3.04. The highest BCUT2D eigenvalue weighted by Crippen LogP contribution is 2.28. The first-order valence-corrected chi connectivity index (χ1v) is 9.79. The molecule has 4 nitrogen and oxygen atoms in total. The van der Waals surface area contributed by atoms with Gasteiger partial charge in [0.05, 0.1) is 5.75 Å². The summed E-state index contributed by atoms with van der Waals surface area (Å²) in [6, 6.07) is 0.835. The van der Waals surface area contributed by atoms with Gasteiger partial charge in [-0.1, -0.05) is 0 Å². The van der Waals surface area contributed by atoms with Crippen molar-refractivity contribution in [2.75, 3.05) is 18.6 Å². The van der Waals surface area contributed by atoms with E-state index in [1.165, 1.54) is 12.8 Å². The molecule has 18 heavy (non-hydrogen) atoms. The number of hydrogen-bond acceptors (Lipinski definition) is 4. The molecule has 2 saturated carbocycles. The van der Waals surface area contributed by atoms with E-state index in [2.05, 4.69) is 16.3 Å². The molecule has 0 spiro atoms. The van der Waals surface area contributed by atoms with Crippen LogP contribution in [0.4, 0.5) is 0 Å². The molecule has 6 heteroatoms. The molecule has 0 bridgehead atoms. The molecule has 2 aliphatic carbocycles. The van der Waals surface area contributed by atoms with E-state index in [1.807, 2.05) is 11.8 Å². The highest BCUT2D eigenvalue weighted by molar-refractivity contribution is 7.99. The number of sulfonamides is 1. The van der Waals surface area contributed by atoms with Crippen LogP contribution in [0.2, 0.25) is 0 Å². The van der Waals surface area contributed by atoms with Crippen LogP contribution < -0.4 is 10.0 Å². The van der Waals surface area contributed by atoms with Crippen LogP contribution in [0.3, 0.4) is 0 Å². The summed E-state index contributed by atoms with van der Waals surface area (Å²) in [4.78, 5) is 0. The van der Waals surface area contributed by atoms with E-state index in [1.54, 1.807) is 0 Å². The Bertz CT molecular complexity index is 355. The van der Waals surface area contributed by atoms with Gasteiger partial charge in [0, 0.05) is 17.3 Å². The van der Waals surface area contributed by atoms with Crippen LogP contribution in [0.5, 0.6) is 0 Å². The van der Waals surface area contributed by atoms with Crippen molar-refractivity contribution in [3.8, 4) is 0 Å². The lowest BCUT2D eigenvalue weighted by atomic mass is 10.3. The minimum Gasteiger partial charge on any atom is -0.314 e. The molecular weight excluding hydrogens is 268 g/mol. The molecule has 2 atom stereocenters. The van der Waals surface area contributed by atoms with Crippen LogP contribution in [0, 0.1) is 0 Å². The molecule has 2 rings (SSSR count). The van der Waals surface area contributed by atoms with Gasteiger partial charge in [-0.05, 0) is 51.3 Å². The molecule has 106 valence electrons. The fourth-order valence-corrected chi connectivity index (χ4v) is 4.59. The van der Waals surface area contributed by atoms with Gasteiger partial charge in [-0.3, -0.25) is 0 Å². The summed E-state index contributed by atoms with van der Waals surface area (Å²) in [6.45, 7) is 0.823. The Morgan fingerprint density at radius 2 is 1.89 bits per heavy atom. The molecule has 2 unspecified atom stereocenters. The van der Waals surface area contributed by atoms with Gasteiger partial charge in [0.15, 0.2) is 0 Å². The first kappa shape index (κ1) is 14.6. The van der Waals surface area contributed by atoms with Crippen LogP contribution in [0.15, 0.2) is 0 Å². The van der Waals surface area contributed by atoms with Gasteiger partial charge in [-0.15, -0.1) is 0 Å². The normalized spacial score (nSPS) is 28.7. The Balaban J connectivity index is 1.63. The smallest absolute Gasteiger partial charge is 0.211 e. The second-order valence-electron chi connectivity index (χ2n) is 5.39. The molecule has 0 aromatic carbocycles. The van der Waals surface area contributed by atoms with Crippen molar-refractivity contribution in [1.82, 2.24) is 10.0 Å². The molecule has 0 heterocycles. The first-order valence-electron chi connectivity index (χ1n) is 6.85. The average molecular weight is 292 g/mol. The molecule has 0 amide bonds. The fourth-order valence-electron chi connectivity index (χ4n) is 2.43. The predicted octanol–water partition coefficient (Wildman–Crippen LogP) is 1.33. The number of hydrogen-bond donors (Lipinski definition) is 2. The quantitative estimate of drug-likeness (QED) is 0.663. The number of thioether (sulfide) groups is 1. The molecule has 2 fully saturated rings. The minimum absolute atomic E-state index is 0.170. The Labute approximate surface area is 115 Å². The third kappa shape index (κ3) is 5.07. The second kappa shape index (κ2) is 6.59. The Kier molecular flexibility index (Phi) is 5.35.